The van der Waals surface area contributed by atoms with Crippen LogP contribution >= 0.6 is 23.1 Å². The van der Waals surface area contributed by atoms with E-state index in [1.54, 1.807) is 6.92 Å². The molecule has 0 saturated heterocycles. The van der Waals surface area contributed by atoms with E-state index in [2.05, 4.69) is 25.5 Å². The Hall–Kier alpha value is -2.52. The van der Waals surface area contributed by atoms with Crippen molar-refractivity contribution in [3.8, 4) is 11.3 Å². The Labute approximate surface area is 151 Å². The molecule has 1 amide bonds. The number of anilines is 1. The zero-order valence-corrected chi connectivity index (χ0v) is 15.1. The van der Waals surface area contributed by atoms with Gasteiger partial charge in [-0.25, -0.2) is 4.98 Å². The van der Waals surface area contributed by atoms with Crippen LogP contribution in [0.2, 0.25) is 0 Å². The van der Waals surface area contributed by atoms with Crippen LogP contribution in [0.15, 0.2) is 46.3 Å². The van der Waals surface area contributed by atoms with Gasteiger partial charge in [0.05, 0.1) is 10.9 Å². The lowest BCUT2D eigenvalue weighted by Gasteiger charge is -2.10. The first kappa shape index (κ1) is 17.3. The number of nitrogens with one attached hydrogen (secondary N) is 2. The van der Waals surface area contributed by atoms with Crippen molar-refractivity contribution in [2.75, 3.05) is 5.32 Å². The molecule has 3 aromatic rings. The fourth-order valence-corrected chi connectivity index (χ4v) is 3.43. The van der Waals surface area contributed by atoms with Crippen molar-refractivity contribution in [3.05, 3.63) is 51.8 Å². The van der Waals surface area contributed by atoms with Crippen molar-refractivity contribution in [3.63, 3.8) is 0 Å². The molecule has 2 aromatic heterocycles. The first-order valence-electron chi connectivity index (χ1n) is 7.45. The molecule has 1 aromatic carbocycles. The maximum atomic E-state index is 12.3. The molecule has 1 atom stereocenters. The SMILES string of the molecule is Cc1nnc(NC(=O)[C@@H](C)Sc2nc(-c3ccccc3)cc(=O)[nH]2)s1. The standard InChI is InChI=1S/C16H15N5O2S2/c1-9(14(23)19-16-21-20-10(2)25-16)24-15-17-12(8-13(22)18-15)11-6-4-3-5-7-11/h3-9H,1-2H3,(H,17,18,22)(H,19,21,23)/t9-/m1/s1. The Balaban J connectivity index is 1.74. The van der Waals surface area contributed by atoms with Crippen molar-refractivity contribution >= 4 is 34.1 Å². The Morgan fingerprint density at radius 2 is 2.04 bits per heavy atom. The van der Waals surface area contributed by atoms with Gasteiger partial charge in [-0.05, 0) is 13.8 Å². The number of carbonyl (C=O) groups is 1. The largest absolute Gasteiger partial charge is 0.301 e. The highest BCUT2D eigenvalue weighted by atomic mass is 32.2. The molecule has 0 fully saturated rings. The third-order valence-electron chi connectivity index (χ3n) is 3.20. The van der Waals surface area contributed by atoms with Gasteiger partial charge in [-0.3, -0.25) is 14.9 Å². The summed E-state index contributed by atoms with van der Waals surface area (Å²) in [6.07, 6.45) is 0. The fraction of sp³-hybridized carbons (Fsp3) is 0.188. The van der Waals surface area contributed by atoms with E-state index in [1.165, 1.54) is 29.2 Å². The number of benzene rings is 1. The van der Waals surface area contributed by atoms with E-state index in [0.29, 0.717) is 16.0 Å². The van der Waals surface area contributed by atoms with Gasteiger partial charge in [-0.15, -0.1) is 10.2 Å². The summed E-state index contributed by atoms with van der Waals surface area (Å²) in [7, 11) is 0. The Morgan fingerprint density at radius 3 is 2.72 bits per heavy atom. The lowest BCUT2D eigenvalue weighted by atomic mass is 10.1. The van der Waals surface area contributed by atoms with Crippen LogP contribution in [0.3, 0.4) is 0 Å². The summed E-state index contributed by atoms with van der Waals surface area (Å²) in [5.74, 6) is -0.228. The molecule has 0 saturated carbocycles. The van der Waals surface area contributed by atoms with Crippen molar-refractivity contribution in [1.82, 2.24) is 20.2 Å². The number of hydrogen-bond acceptors (Lipinski definition) is 7. The number of thioether (sulfide) groups is 1. The maximum absolute atomic E-state index is 12.3. The maximum Gasteiger partial charge on any atom is 0.252 e. The van der Waals surface area contributed by atoms with Crippen LogP contribution in [0, 0.1) is 6.92 Å². The summed E-state index contributed by atoms with van der Waals surface area (Å²) in [5.41, 5.74) is 1.15. The van der Waals surface area contributed by atoms with Gasteiger partial charge in [0.15, 0.2) is 5.16 Å². The highest BCUT2D eigenvalue weighted by Crippen LogP contribution is 2.23. The number of amides is 1. The van der Waals surface area contributed by atoms with Gasteiger partial charge in [-0.2, -0.15) is 0 Å². The lowest BCUT2D eigenvalue weighted by molar-refractivity contribution is -0.115. The van der Waals surface area contributed by atoms with E-state index in [1.807, 2.05) is 37.3 Å². The lowest BCUT2D eigenvalue weighted by Crippen LogP contribution is -2.23. The zero-order chi connectivity index (χ0) is 17.8. The van der Waals surface area contributed by atoms with Crippen LogP contribution in [-0.2, 0) is 4.79 Å². The minimum Gasteiger partial charge on any atom is -0.301 e. The fourth-order valence-electron chi connectivity index (χ4n) is 2.02. The molecule has 0 aliphatic heterocycles. The van der Waals surface area contributed by atoms with Crippen LogP contribution < -0.4 is 10.9 Å². The highest BCUT2D eigenvalue weighted by Gasteiger charge is 2.18. The van der Waals surface area contributed by atoms with E-state index in [4.69, 9.17) is 0 Å². The summed E-state index contributed by atoms with van der Waals surface area (Å²) >= 11 is 2.48. The molecule has 2 N–H and O–H groups in total. The number of nitrogens with zero attached hydrogens (tertiary/aromatic N) is 3. The van der Waals surface area contributed by atoms with Gasteiger partial charge < -0.3 is 4.98 Å². The van der Waals surface area contributed by atoms with E-state index >= 15 is 0 Å². The van der Waals surface area contributed by atoms with Crippen LogP contribution in [0.1, 0.15) is 11.9 Å². The van der Waals surface area contributed by atoms with Gasteiger partial charge >= 0.3 is 0 Å². The first-order valence-corrected chi connectivity index (χ1v) is 9.15. The average Bonchev–Trinajstić information content (AvgIpc) is 3.00. The van der Waals surface area contributed by atoms with Gasteiger partial charge in [0.2, 0.25) is 11.0 Å². The van der Waals surface area contributed by atoms with E-state index in [9.17, 15) is 9.59 Å². The zero-order valence-electron chi connectivity index (χ0n) is 13.5. The molecule has 9 heteroatoms. The molecule has 0 aliphatic carbocycles. The number of carbonyl (C=O) groups excluding carboxylic acids is 1. The molecule has 3 rings (SSSR count). The van der Waals surface area contributed by atoms with Crippen molar-refractivity contribution in [2.24, 2.45) is 0 Å². The topological polar surface area (TPSA) is 101 Å². The number of rotatable bonds is 5. The number of hydrogen-bond donors (Lipinski definition) is 2. The van der Waals surface area contributed by atoms with Gasteiger partial charge in [0.25, 0.3) is 5.56 Å². The smallest absolute Gasteiger partial charge is 0.252 e. The minimum absolute atomic E-state index is 0.228. The molecule has 0 spiro atoms. The molecule has 2 heterocycles. The van der Waals surface area contributed by atoms with E-state index in [-0.39, 0.29) is 11.5 Å². The van der Waals surface area contributed by atoms with Crippen molar-refractivity contribution in [2.45, 2.75) is 24.3 Å². The Bertz CT molecular complexity index is 939. The number of aryl methyl sites for hydroxylation is 1. The van der Waals surface area contributed by atoms with Crippen LogP contribution in [0.5, 0.6) is 0 Å². The predicted molar refractivity (Wildman–Crippen MR) is 98.9 cm³/mol. The summed E-state index contributed by atoms with van der Waals surface area (Å²) in [6, 6.07) is 10.9. The molecule has 25 heavy (non-hydrogen) atoms. The number of H-pyrrole nitrogens is 1. The summed E-state index contributed by atoms with van der Waals surface area (Å²) in [5, 5.41) is 11.6. The van der Waals surface area contributed by atoms with Crippen LogP contribution in [0.4, 0.5) is 5.13 Å². The summed E-state index contributed by atoms with van der Waals surface area (Å²) in [6.45, 7) is 3.55. The van der Waals surface area contributed by atoms with Crippen LogP contribution in [-0.4, -0.2) is 31.3 Å². The van der Waals surface area contributed by atoms with E-state index < -0.39 is 5.25 Å². The van der Waals surface area contributed by atoms with Gasteiger partial charge in [0.1, 0.15) is 5.01 Å². The monoisotopic (exact) mass is 373 g/mol. The average molecular weight is 373 g/mol. The first-order chi connectivity index (χ1) is 12.0. The van der Waals surface area contributed by atoms with E-state index in [0.717, 1.165) is 10.6 Å². The molecular weight excluding hydrogens is 358 g/mol. The molecule has 128 valence electrons. The molecule has 0 aliphatic rings. The Morgan fingerprint density at radius 1 is 1.28 bits per heavy atom. The second-order valence-electron chi connectivity index (χ2n) is 5.18. The van der Waals surface area contributed by atoms with Crippen molar-refractivity contribution in [1.29, 1.82) is 0 Å². The van der Waals surface area contributed by atoms with Crippen molar-refractivity contribution < 1.29 is 4.79 Å². The molecule has 0 radical (unpaired) electrons. The molecule has 0 unspecified atom stereocenters. The normalized spacial score (nSPS) is 11.9. The Kier molecular flexibility index (Phi) is 5.25. The second kappa shape index (κ2) is 7.58. The predicted octanol–water partition coefficient (Wildman–Crippen LogP) is 2.72. The highest BCUT2D eigenvalue weighted by molar-refractivity contribution is 8.00. The van der Waals surface area contributed by atoms with Gasteiger partial charge in [-0.1, -0.05) is 53.4 Å². The molecule has 0 bridgehead atoms. The third kappa shape index (κ3) is 4.52. The number of aromatic amines is 1. The molecular formula is C16H15N5O2S2. The minimum atomic E-state index is -0.460. The molecule has 7 nitrogen and oxygen atoms in total. The number of aromatic nitrogens is 4. The van der Waals surface area contributed by atoms with Crippen LogP contribution in [0.25, 0.3) is 11.3 Å². The summed E-state index contributed by atoms with van der Waals surface area (Å²) in [4.78, 5) is 31.3. The quantitative estimate of drug-likeness (QED) is 0.527. The third-order valence-corrected chi connectivity index (χ3v) is 4.94. The van der Waals surface area contributed by atoms with Gasteiger partial charge in [0, 0.05) is 11.6 Å². The second-order valence-corrected chi connectivity index (χ2v) is 7.69. The summed E-state index contributed by atoms with van der Waals surface area (Å²) < 4.78 is 0.